The monoisotopic (exact) mass is 299 g/mol. The Morgan fingerprint density at radius 1 is 1.67 bits per heavy atom. The lowest BCUT2D eigenvalue weighted by Crippen LogP contribution is -2.51. The molecule has 12 heavy (non-hydrogen) atoms. The SMILES string of the molecule is O=C1CC(OC(CBr)CCBr)N1. The molecule has 0 aromatic carbocycles. The van der Waals surface area contributed by atoms with Crippen molar-refractivity contribution in [2.45, 2.75) is 25.2 Å². The van der Waals surface area contributed by atoms with E-state index >= 15 is 0 Å². The number of nitrogens with one attached hydrogen (secondary N) is 1. The van der Waals surface area contributed by atoms with E-state index in [0.717, 1.165) is 17.1 Å². The van der Waals surface area contributed by atoms with Crippen molar-refractivity contribution in [3.63, 3.8) is 0 Å². The van der Waals surface area contributed by atoms with E-state index in [1.54, 1.807) is 0 Å². The Bertz CT molecular complexity index is 157. The molecule has 0 aromatic heterocycles. The summed E-state index contributed by atoms with van der Waals surface area (Å²) in [6, 6.07) is 0. The van der Waals surface area contributed by atoms with Gasteiger partial charge in [0.2, 0.25) is 5.91 Å². The molecular formula is C7H11Br2NO2. The van der Waals surface area contributed by atoms with E-state index in [1.165, 1.54) is 0 Å². The molecule has 2 unspecified atom stereocenters. The number of amides is 1. The molecule has 0 radical (unpaired) electrons. The molecular weight excluding hydrogens is 290 g/mol. The van der Waals surface area contributed by atoms with E-state index in [0.29, 0.717) is 6.42 Å². The number of alkyl halides is 2. The van der Waals surface area contributed by atoms with Gasteiger partial charge in [-0.1, -0.05) is 31.9 Å². The predicted octanol–water partition coefficient (Wildman–Crippen LogP) is 1.40. The van der Waals surface area contributed by atoms with Crippen molar-refractivity contribution in [2.24, 2.45) is 0 Å². The zero-order chi connectivity index (χ0) is 8.97. The summed E-state index contributed by atoms with van der Waals surface area (Å²) in [5.74, 6) is 0.0761. The Hall–Kier alpha value is 0.390. The zero-order valence-electron chi connectivity index (χ0n) is 6.56. The highest BCUT2D eigenvalue weighted by molar-refractivity contribution is 9.09. The third-order valence-corrected chi connectivity index (χ3v) is 2.83. The predicted molar refractivity (Wildman–Crippen MR) is 53.6 cm³/mol. The summed E-state index contributed by atoms with van der Waals surface area (Å²) in [6.45, 7) is 0. The lowest BCUT2D eigenvalue weighted by Gasteiger charge is -2.30. The van der Waals surface area contributed by atoms with Gasteiger partial charge in [-0.05, 0) is 6.42 Å². The number of rotatable bonds is 5. The molecule has 0 aliphatic carbocycles. The van der Waals surface area contributed by atoms with Crippen LogP contribution in [0.2, 0.25) is 0 Å². The molecule has 0 saturated carbocycles. The fraction of sp³-hybridized carbons (Fsp3) is 0.857. The highest BCUT2D eigenvalue weighted by Crippen LogP contribution is 2.13. The normalized spacial score (nSPS) is 24.5. The summed E-state index contributed by atoms with van der Waals surface area (Å²) in [4.78, 5) is 10.5. The summed E-state index contributed by atoms with van der Waals surface area (Å²) in [5.41, 5.74) is 0. The molecule has 2 atom stereocenters. The molecule has 70 valence electrons. The van der Waals surface area contributed by atoms with Crippen LogP contribution in [0.25, 0.3) is 0 Å². The van der Waals surface area contributed by atoms with Crippen LogP contribution in [0.5, 0.6) is 0 Å². The minimum atomic E-state index is -0.0564. The van der Waals surface area contributed by atoms with Crippen molar-refractivity contribution >= 4 is 37.8 Å². The van der Waals surface area contributed by atoms with Gasteiger partial charge in [0, 0.05) is 10.7 Å². The number of carbonyl (C=O) groups excluding carboxylic acids is 1. The molecule has 1 fully saturated rings. The van der Waals surface area contributed by atoms with Crippen molar-refractivity contribution in [1.29, 1.82) is 0 Å². The van der Waals surface area contributed by atoms with Gasteiger partial charge in [0.15, 0.2) is 0 Å². The highest BCUT2D eigenvalue weighted by atomic mass is 79.9. The van der Waals surface area contributed by atoms with Crippen molar-refractivity contribution in [3.05, 3.63) is 0 Å². The number of halogens is 2. The zero-order valence-corrected chi connectivity index (χ0v) is 9.73. The smallest absolute Gasteiger partial charge is 0.226 e. The number of carbonyl (C=O) groups is 1. The first-order valence-electron chi connectivity index (χ1n) is 3.83. The second kappa shape index (κ2) is 5.19. The van der Waals surface area contributed by atoms with Gasteiger partial charge in [-0.2, -0.15) is 0 Å². The standard InChI is InChI=1S/C7H11Br2NO2/c8-2-1-5(4-9)12-7-3-6(11)10-7/h5,7H,1-4H2,(H,10,11). The number of β-lactam (4-membered cyclic amide) rings is 1. The van der Waals surface area contributed by atoms with E-state index < -0.39 is 0 Å². The van der Waals surface area contributed by atoms with Gasteiger partial charge in [-0.3, -0.25) is 4.79 Å². The molecule has 5 heteroatoms. The Kier molecular flexibility index (Phi) is 4.53. The fourth-order valence-electron chi connectivity index (χ4n) is 0.945. The fourth-order valence-corrected chi connectivity index (χ4v) is 1.93. The van der Waals surface area contributed by atoms with Crippen LogP contribution in [-0.2, 0) is 9.53 Å². The molecule has 3 nitrogen and oxygen atoms in total. The van der Waals surface area contributed by atoms with Crippen LogP contribution in [0.3, 0.4) is 0 Å². The third-order valence-electron chi connectivity index (χ3n) is 1.65. The minimum absolute atomic E-state index is 0.0564. The number of hydrogen-bond acceptors (Lipinski definition) is 2. The van der Waals surface area contributed by atoms with E-state index in [-0.39, 0.29) is 18.2 Å². The lowest BCUT2D eigenvalue weighted by atomic mass is 10.2. The van der Waals surface area contributed by atoms with Crippen molar-refractivity contribution in [2.75, 3.05) is 10.7 Å². The first-order chi connectivity index (χ1) is 5.76. The average molecular weight is 301 g/mol. The molecule has 1 N–H and O–H groups in total. The van der Waals surface area contributed by atoms with Crippen LogP contribution in [-0.4, -0.2) is 28.9 Å². The average Bonchev–Trinajstić information content (AvgIpc) is 2.00. The quantitative estimate of drug-likeness (QED) is 0.616. The summed E-state index contributed by atoms with van der Waals surface area (Å²) in [7, 11) is 0. The third kappa shape index (κ3) is 3.03. The van der Waals surface area contributed by atoms with Gasteiger partial charge in [0.05, 0.1) is 12.5 Å². The van der Waals surface area contributed by atoms with Crippen LogP contribution in [0, 0.1) is 0 Å². The molecule has 1 aliphatic rings. The van der Waals surface area contributed by atoms with Gasteiger partial charge < -0.3 is 10.1 Å². The van der Waals surface area contributed by atoms with Crippen molar-refractivity contribution in [1.82, 2.24) is 5.32 Å². The Balaban J connectivity index is 2.14. The lowest BCUT2D eigenvalue weighted by molar-refractivity contribution is -0.144. The molecule has 1 aliphatic heterocycles. The molecule has 0 aromatic rings. The maximum Gasteiger partial charge on any atom is 0.226 e. The Labute approximate surface area is 88.5 Å². The maximum atomic E-state index is 10.5. The molecule has 1 saturated heterocycles. The highest BCUT2D eigenvalue weighted by Gasteiger charge is 2.27. The summed E-state index contributed by atoms with van der Waals surface area (Å²) in [5, 5.41) is 4.40. The summed E-state index contributed by atoms with van der Waals surface area (Å²) < 4.78 is 5.54. The minimum Gasteiger partial charge on any atom is -0.354 e. The molecule has 1 rings (SSSR count). The second-order valence-corrected chi connectivity index (χ2v) is 4.09. The molecule has 1 heterocycles. The second-order valence-electron chi connectivity index (χ2n) is 2.65. The van der Waals surface area contributed by atoms with Crippen LogP contribution in [0.4, 0.5) is 0 Å². The summed E-state index contributed by atoms with van der Waals surface area (Å²) in [6.07, 6.45) is 1.60. The van der Waals surface area contributed by atoms with E-state index in [1.807, 2.05) is 0 Å². The van der Waals surface area contributed by atoms with Crippen LogP contribution < -0.4 is 5.32 Å². The topological polar surface area (TPSA) is 38.3 Å². The van der Waals surface area contributed by atoms with Gasteiger partial charge in [0.1, 0.15) is 6.23 Å². The first kappa shape index (κ1) is 10.5. The van der Waals surface area contributed by atoms with Crippen LogP contribution in [0.1, 0.15) is 12.8 Å². The van der Waals surface area contributed by atoms with Gasteiger partial charge in [-0.15, -0.1) is 0 Å². The number of hydrogen-bond donors (Lipinski definition) is 1. The largest absolute Gasteiger partial charge is 0.354 e. The van der Waals surface area contributed by atoms with E-state index in [9.17, 15) is 4.79 Å². The number of ether oxygens (including phenoxy) is 1. The van der Waals surface area contributed by atoms with E-state index in [2.05, 4.69) is 37.2 Å². The van der Waals surface area contributed by atoms with Gasteiger partial charge in [-0.25, -0.2) is 0 Å². The first-order valence-corrected chi connectivity index (χ1v) is 6.07. The maximum absolute atomic E-state index is 10.5. The van der Waals surface area contributed by atoms with Gasteiger partial charge >= 0.3 is 0 Å². The van der Waals surface area contributed by atoms with Gasteiger partial charge in [0.25, 0.3) is 0 Å². The van der Waals surface area contributed by atoms with E-state index in [4.69, 9.17) is 4.74 Å². The van der Waals surface area contributed by atoms with Crippen molar-refractivity contribution in [3.8, 4) is 0 Å². The molecule has 0 bridgehead atoms. The molecule has 1 amide bonds. The van der Waals surface area contributed by atoms with Crippen LogP contribution in [0.15, 0.2) is 0 Å². The molecule has 0 spiro atoms. The Morgan fingerprint density at radius 3 is 2.75 bits per heavy atom. The van der Waals surface area contributed by atoms with Crippen molar-refractivity contribution < 1.29 is 9.53 Å². The van der Waals surface area contributed by atoms with Crippen LogP contribution >= 0.6 is 31.9 Å². The summed E-state index contributed by atoms with van der Waals surface area (Å²) >= 11 is 6.70. The Morgan fingerprint density at radius 2 is 2.33 bits per heavy atom.